The number of para-hydroxylation sites is 1. The molecule has 1 N–H and O–H groups in total. The third-order valence-electron chi connectivity index (χ3n) is 5.06. The molecule has 36 heavy (non-hydrogen) atoms. The molecule has 0 atom stereocenters. The van der Waals surface area contributed by atoms with E-state index in [-0.39, 0.29) is 23.4 Å². The smallest absolute Gasteiger partial charge is 0.417 e. The van der Waals surface area contributed by atoms with Gasteiger partial charge in [0.05, 0.1) is 22.5 Å². The highest BCUT2D eigenvalue weighted by molar-refractivity contribution is 7.90. The summed E-state index contributed by atoms with van der Waals surface area (Å²) in [6.07, 6.45) is -4.96. The number of sulfonamides is 1. The average Bonchev–Trinajstić information content (AvgIpc) is 3.18. The molecule has 188 valence electrons. The molecule has 1 aromatic heterocycles. The summed E-state index contributed by atoms with van der Waals surface area (Å²) in [5.41, 5.74) is -0.705. The minimum atomic E-state index is -4.96. The normalized spacial score (nSPS) is 12.2. The largest absolute Gasteiger partial charge is 0.435 e. The third kappa shape index (κ3) is 5.30. The lowest BCUT2D eigenvalue weighted by molar-refractivity contribution is -0.139. The van der Waals surface area contributed by atoms with Crippen molar-refractivity contribution >= 4 is 26.8 Å². The first-order valence-corrected chi connectivity index (χ1v) is 11.7. The van der Waals surface area contributed by atoms with Crippen molar-refractivity contribution in [3.63, 3.8) is 0 Å². The Morgan fingerprint density at radius 3 is 2.28 bits per heavy atom. The number of carbonyl (C=O) groups is 1. The van der Waals surface area contributed by atoms with E-state index in [0.717, 1.165) is 18.2 Å². The SMILES string of the molecule is O=C(NS(=O)(=O)c1ccccc1C(F)(F)F)c1nn(Cc2ccc(OC(F)F)cc2)c2ccccc12. The van der Waals surface area contributed by atoms with Crippen LogP contribution in [0.3, 0.4) is 0 Å². The predicted molar refractivity (Wildman–Crippen MR) is 118 cm³/mol. The molecule has 0 saturated carbocycles. The molecule has 4 rings (SSSR count). The van der Waals surface area contributed by atoms with Gasteiger partial charge in [-0.25, -0.2) is 13.1 Å². The van der Waals surface area contributed by atoms with Crippen LogP contribution in [0.5, 0.6) is 5.75 Å². The Kier molecular flexibility index (Phi) is 6.67. The minimum absolute atomic E-state index is 0.0523. The molecule has 7 nitrogen and oxygen atoms in total. The first kappa shape index (κ1) is 25.1. The lowest BCUT2D eigenvalue weighted by Crippen LogP contribution is -2.32. The molecule has 0 aliphatic heterocycles. The summed E-state index contributed by atoms with van der Waals surface area (Å²) in [7, 11) is -4.90. The highest BCUT2D eigenvalue weighted by atomic mass is 32.2. The van der Waals surface area contributed by atoms with E-state index in [1.807, 2.05) is 0 Å². The lowest BCUT2D eigenvalue weighted by atomic mass is 10.2. The molecule has 0 unspecified atom stereocenters. The molecule has 0 aliphatic carbocycles. The van der Waals surface area contributed by atoms with Crippen LogP contribution in [0.15, 0.2) is 77.7 Å². The van der Waals surface area contributed by atoms with E-state index in [4.69, 9.17) is 0 Å². The van der Waals surface area contributed by atoms with E-state index < -0.39 is 39.2 Å². The van der Waals surface area contributed by atoms with E-state index in [1.54, 1.807) is 22.9 Å². The second-order valence-electron chi connectivity index (χ2n) is 7.47. The van der Waals surface area contributed by atoms with Crippen LogP contribution < -0.4 is 9.46 Å². The van der Waals surface area contributed by atoms with Gasteiger partial charge in [-0.2, -0.15) is 27.1 Å². The van der Waals surface area contributed by atoms with Crippen molar-refractivity contribution in [1.82, 2.24) is 14.5 Å². The van der Waals surface area contributed by atoms with Gasteiger partial charge in [-0.1, -0.05) is 42.5 Å². The van der Waals surface area contributed by atoms with E-state index >= 15 is 0 Å². The van der Waals surface area contributed by atoms with Crippen LogP contribution in [0.4, 0.5) is 22.0 Å². The van der Waals surface area contributed by atoms with Crippen molar-refractivity contribution in [3.8, 4) is 5.75 Å². The van der Waals surface area contributed by atoms with Gasteiger partial charge in [0.1, 0.15) is 5.75 Å². The lowest BCUT2D eigenvalue weighted by Gasteiger charge is -2.13. The van der Waals surface area contributed by atoms with E-state index in [2.05, 4.69) is 9.84 Å². The maximum atomic E-state index is 13.3. The number of hydrogen-bond donors (Lipinski definition) is 1. The predicted octanol–water partition coefficient (Wildman–Crippen LogP) is 4.82. The molecule has 0 fully saturated rings. The minimum Gasteiger partial charge on any atom is -0.435 e. The van der Waals surface area contributed by atoms with Crippen LogP contribution >= 0.6 is 0 Å². The average molecular weight is 525 g/mol. The van der Waals surface area contributed by atoms with Gasteiger partial charge in [-0.3, -0.25) is 9.48 Å². The summed E-state index contributed by atoms with van der Waals surface area (Å²) in [5, 5.41) is 4.43. The number of ether oxygens (including phenoxy) is 1. The van der Waals surface area contributed by atoms with Crippen molar-refractivity contribution in [1.29, 1.82) is 0 Å². The molecule has 4 aromatic rings. The zero-order valence-electron chi connectivity index (χ0n) is 18.0. The number of alkyl halides is 5. The Bertz CT molecular complexity index is 1520. The fourth-order valence-electron chi connectivity index (χ4n) is 3.53. The van der Waals surface area contributed by atoms with E-state index in [9.17, 15) is 35.2 Å². The van der Waals surface area contributed by atoms with Crippen LogP contribution in [0.1, 0.15) is 21.6 Å². The van der Waals surface area contributed by atoms with Crippen molar-refractivity contribution in [3.05, 3.63) is 89.6 Å². The summed E-state index contributed by atoms with van der Waals surface area (Å²) in [6.45, 7) is -2.90. The Morgan fingerprint density at radius 2 is 1.61 bits per heavy atom. The number of nitrogens with one attached hydrogen (secondary N) is 1. The standard InChI is InChI=1S/C23H16F5N3O4S/c24-22(25)35-15-11-9-14(10-12-15)13-31-18-7-3-1-5-16(18)20(29-31)21(32)30-36(33,34)19-8-4-2-6-17(19)23(26,27)28/h1-12,22H,13H2,(H,30,32). The van der Waals surface area contributed by atoms with Gasteiger partial charge in [0, 0.05) is 5.39 Å². The van der Waals surface area contributed by atoms with Crippen LogP contribution in [-0.4, -0.2) is 30.7 Å². The zero-order valence-corrected chi connectivity index (χ0v) is 18.9. The number of halogens is 5. The van der Waals surface area contributed by atoms with Crippen LogP contribution in [-0.2, 0) is 22.7 Å². The maximum absolute atomic E-state index is 13.3. The quantitative estimate of drug-likeness (QED) is 0.350. The van der Waals surface area contributed by atoms with Crippen molar-refractivity contribution in [2.45, 2.75) is 24.2 Å². The van der Waals surface area contributed by atoms with Gasteiger partial charge in [0.25, 0.3) is 15.9 Å². The molecular formula is C23H16F5N3O4S. The van der Waals surface area contributed by atoms with Gasteiger partial charge >= 0.3 is 12.8 Å². The van der Waals surface area contributed by atoms with E-state index in [1.165, 1.54) is 35.0 Å². The number of carbonyl (C=O) groups excluding carboxylic acids is 1. The van der Waals surface area contributed by atoms with Gasteiger partial charge in [-0.05, 0) is 35.9 Å². The second-order valence-corrected chi connectivity index (χ2v) is 9.13. The Hall–Kier alpha value is -4.00. The number of benzene rings is 3. The first-order valence-electron chi connectivity index (χ1n) is 10.2. The Morgan fingerprint density at radius 1 is 0.972 bits per heavy atom. The molecule has 0 aliphatic rings. The summed E-state index contributed by atoms with van der Waals surface area (Å²) in [4.78, 5) is 11.8. The molecule has 1 heterocycles. The molecule has 0 bridgehead atoms. The summed E-state index contributed by atoms with van der Waals surface area (Å²) < 4.78 is 97.4. The number of amides is 1. The molecule has 13 heteroatoms. The van der Waals surface area contributed by atoms with Gasteiger partial charge < -0.3 is 4.74 Å². The number of nitrogens with zero attached hydrogens (tertiary/aromatic N) is 2. The first-order chi connectivity index (χ1) is 17.0. The van der Waals surface area contributed by atoms with E-state index in [0.29, 0.717) is 17.1 Å². The van der Waals surface area contributed by atoms with Crippen molar-refractivity contribution in [2.75, 3.05) is 0 Å². The van der Waals surface area contributed by atoms with Gasteiger partial charge in [0.15, 0.2) is 5.69 Å². The third-order valence-corrected chi connectivity index (χ3v) is 6.45. The summed E-state index contributed by atoms with van der Waals surface area (Å²) >= 11 is 0. The molecule has 1 amide bonds. The highest BCUT2D eigenvalue weighted by Crippen LogP contribution is 2.34. The van der Waals surface area contributed by atoms with Crippen LogP contribution in [0.2, 0.25) is 0 Å². The van der Waals surface area contributed by atoms with Crippen molar-refractivity contribution < 1.29 is 39.9 Å². The highest BCUT2D eigenvalue weighted by Gasteiger charge is 2.37. The summed E-state index contributed by atoms with van der Waals surface area (Å²) in [6, 6.07) is 15.5. The number of hydrogen-bond acceptors (Lipinski definition) is 5. The molecular weight excluding hydrogens is 509 g/mol. The fraction of sp³-hybridized carbons (Fsp3) is 0.130. The zero-order chi connectivity index (χ0) is 26.1. The Labute approximate surface area is 201 Å². The molecule has 0 spiro atoms. The maximum Gasteiger partial charge on any atom is 0.417 e. The van der Waals surface area contributed by atoms with Gasteiger partial charge in [0.2, 0.25) is 0 Å². The fourth-order valence-corrected chi connectivity index (χ4v) is 4.71. The van der Waals surface area contributed by atoms with Gasteiger partial charge in [-0.15, -0.1) is 0 Å². The Balaban J connectivity index is 1.65. The number of aromatic nitrogens is 2. The number of rotatable bonds is 7. The topological polar surface area (TPSA) is 90.3 Å². The second kappa shape index (κ2) is 9.57. The van der Waals surface area contributed by atoms with Crippen LogP contribution in [0.25, 0.3) is 10.9 Å². The monoisotopic (exact) mass is 525 g/mol. The summed E-state index contributed by atoms with van der Waals surface area (Å²) in [5.74, 6) is -1.27. The molecule has 0 saturated heterocycles. The van der Waals surface area contributed by atoms with Crippen molar-refractivity contribution in [2.24, 2.45) is 0 Å². The molecule has 3 aromatic carbocycles. The molecule has 0 radical (unpaired) electrons. The van der Waals surface area contributed by atoms with Crippen LogP contribution in [0, 0.1) is 0 Å². The number of fused-ring (bicyclic) bond motifs is 1.